The van der Waals surface area contributed by atoms with Crippen LogP contribution in [0.3, 0.4) is 0 Å². The van der Waals surface area contributed by atoms with E-state index < -0.39 is 16.1 Å². The van der Waals surface area contributed by atoms with Gasteiger partial charge in [0.1, 0.15) is 11.8 Å². The fraction of sp³-hybridized carbons (Fsp3) is 0.381. The van der Waals surface area contributed by atoms with E-state index in [0.29, 0.717) is 11.4 Å². The van der Waals surface area contributed by atoms with E-state index in [0.717, 1.165) is 27.3 Å². The lowest BCUT2D eigenvalue weighted by atomic mass is 10.00. The Kier molecular flexibility index (Phi) is 6.72. The zero-order chi connectivity index (χ0) is 21.1. The minimum Gasteiger partial charge on any atom is -0.497 e. The molecule has 2 rings (SSSR count). The molecule has 0 saturated heterocycles. The Morgan fingerprint density at radius 3 is 2.18 bits per heavy atom. The van der Waals surface area contributed by atoms with Crippen molar-refractivity contribution in [1.29, 1.82) is 0 Å². The van der Waals surface area contributed by atoms with E-state index >= 15 is 0 Å². The molecule has 0 saturated carbocycles. The largest absolute Gasteiger partial charge is 0.497 e. The van der Waals surface area contributed by atoms with Gasteiger partial charge in [-0.2, -0.15) is 0 Å². The first-order valence-corrected chi connectivity index (χ1v) is 10.9. The molecule has 1 N–H and O–H groups in total. The van der Waals surface area contributed by atoms with E-state index in [2.05, 4.69) is 11.4 Å². The summed E-state index contributed by atoms with van der Waals surface area (Å²) in [7, 11) is -2.13. The number of methoxy groups -OCH3 is 1. The summed E-state index contributed by atoms with van der Waals surface area (Å²) < 4.78 is 31.0. The van der Waals surface area contributed by atoms with Crippen LogP contribution in [0.2, 0.25) is 0 Å². The second kappa shape index (κ2) is 8.65. The number of nitrogens with one attached hydrogen (secondary N) is 1. The fourth-order valence-corrected chi connectivity index (χ4v) is 4.44. The number of ether oxygens (including phenoxy) is 1. The molecule has 1 amide bonds. The third-order valence-corrected chi connectivity index (χ3v) is 5.91. The number of amides is 1. The van der Waals surface area contributed by atoms with Gasteiger partial charge in [0.15, 0.2) is 0 Å². The molecule has 0 fully saturated rings. The van der Waals surface area contributed by atoms with Crippen molar-refractivity contribution in [2.75, 3.05) is 17.7 Å². The Morgan fingerprint density at radius 1 is 1.07 bits per heavy atom. The number of carbonyl (C=O) groups excluding carboxylic acids is 1. The van der Waals surface area contributed by atoms with Crippen LogP contribution >= 0.6 is 0 Å². The van der Waals surface area contributed by atoms with Crippen molar-refractivity contribution in [3.8, 4) is 5.75 Å². The lowest BCUT2D eigenvalue weighted by molar-refractivity contribution is -0.122. The molecule has 152 valence electrons. The maximum Gasteiger partial charge on any atom is 0.244 e. The smallest absolute Gasteiger partial charge is 0.244 e. The van der Waals surface area contributed by atoms with Crippen LogP contribution in [0.5, 0.6) is 5.75 Å². The Hall–Kier alpha value is -2.54. The molecule has 0 heterocycles. The number of anilines is 1. The van der Waals surface area contributed by atoms with Crippen LogP contribution in [-0.2, 0) is 14.8 Å². The average Bonchev–Trinajstić information content (AvgIpc) is 2.61. The van der Waals surface area contributed by atoms with Crippen LogP contribution in [-0.4, -0.2) is 33.7 Å². The summed E-state index contributed by atoms with van der Waals surface area (Å²) in [5.41, 5.74) is 3.64. The highest BCUT2D eigenvalue weighted by atomic mass is 32.2. The molecule has 0 unspecified atom stereocenters. The van der Waals surface area contributed by atoms with Gasteiger partial charge in [0.2, 0.25) is 15.9 Å². The van der Waals surface area contributed by atoms with Crippen molar-refractivity contribution in [3.05, 3.63) is 59.2 Å². The third-order valence-electron chi connectivity index (χ3n) is 4.67. The predicted molar refractivity (Wildman–Crippen MR) is 112 cm³/mol. The number of rotatable bonds is 7. The van der Waals surface area contributed by atoms with Crippen LogP contribution < -0.4 is 14.4 Å². The van der Waals surface area contributed by atoms with Gasteiger partial charge in [-0.15, -0.1) is 0 Å². The van der Waals surface area contributed by atoms with Gasteiger partial charge in [0, 0.05) is 0 Å². The van der Waals surface area contributed by atoms with Gasteiger partial charge in [-0.05, 0) is 63.1 Å². The number of aryl methyl sites for hydroxylation is 2. The first-order chi connectivity index (χ1) is 13.0. The van der Waals surface area contributed by atoms with Crippen molar-refractivity contribution in [2.24, 2.45) is 0 Å². The number of benzene rings is 2. The first-order valence-electron chi connectivity index (χ1n) is 9.05. The highest BCUT2D eigenvalue weighted by molar-refractivity contribution is 7.92. The van der Waals surface area contributed by atoms with Gasteiger partial charge in [-0.3, -0.25) is 9.10 Å². The van der Waals surface area contributed by atoms with Crippen molar-refractivity contribution < 1.29 is 17.9 Å². The Balaban J connectivity index is 2.25. The molecule has 0 aliphatic heterocycles. The topological polar surface area (TPSA) is 75.7 Å². The van der Waals surface area contributed by atoms with Gasteiger partial charge in [0.25, 0.3) is 0 Å². The summed E-state index contributed by atoms with van der Waals surface area (Å²) in [6.07, 6.45) is 1.09. The molecule has 2 aromatic carbocycles. The number of hydrogen-bond acceptors (Lipinski definition) is 4. The highest BCUT2D eigenvalue weighted by Crippen LogP contribution is 2.25. The first kappa shape index (κ1) is 21.8. The number of hydrogen-bond donors (Lipinski definition) is 1. The minimum atomic E-state index is -3.66. The second-order valence-electron chi connectivity index (χ2n) is 7.02. The molecule has 2 atom stereocenters. The molecule has 0 aliphatic carbocycles. The van der Waals surface area contributed by atoms with E-state index in [1.807, 2.05) is 32.9 Å². The predicted octanol–water partition coefficient (Wildman–Crippen LogP) is 3.34. The van der Waals surface area contributed by atoms with Crippen LogP contribution in [0.1, 0.15) is 36.6 Å². The molecule has 7 heteroatoms. The molecule has 0 radical (unpaired) electrons. The molecule has 6 nitrogen and oxygen atoms in total. The van der Waals surface area contributed by atoms with E-state index in [1.54, 1.807) is 31.2 Å². The summed E-state index contributed by atoms with van der Waals surface area (Å²) in [6, 6.07) is 11.5. The summed E-state index contributed by atoms with van der Waals surface area (Å²) in [5, 5.41) is 2.93. The van der Waals surface area contributed by atoms with Gasteiger partial charge in [0.05, 0.1) is 25.1 Å². The molecular weight excluding hydrogens is 376 g/mol. The minimum absolute atomic E-state index is 0.243. The van der Waals surface area contributed by atoms with Crippen molar-refractivity contribution in [3.63, 3.8) is 0 Å². The van der Waals surface area contributed by atoms with E-state index in [4.69, 9.17) is 4.74 Å². The number of sulfonamides is 1. The third kappa shape index (κ3) is 5.04. The SMILES string of the molecule is COc1ccc(N([C@@H](C)C(=O)N[C@@H](C)c2ccc(C)cc2C)S(C)(=O)=O)cc1. The van der Waals surface area contributed by atoms with Crippen molar-refractivity contribution in [2.45, 2.75) is 39.8 Å². The lowest BCUT2D eigenvalue weighted by Gasteiger charge is -2.29. The second-order valence-corrected chi connectivity index (χ2v) is 8.88. The molecule has 0 aliphatic rings. The summed E-state index contributed by atoms with van der Waals surface area (Å²) in [6.45, 7) is 7.48. The van der Waals surface area contributed by atoms with Crippen LogP contribution in [0, 0.1) is 13.8 Å². The normalized spacial score (nSPS) is 13.5. The fourth-order valence-electron chi connectivity index (χ4n) is 3.26. The Bertz CT molecular complexity index is 939. The zero-order valence-electron chi connectivity index (χ0n) is 17.2. The molecule has 0 spiro atoms. The Morgan fingerprint density at radius 2 is 1.68 bits per heavy atom. The molecule has 0 aromatic heterocycles. The molecule has 28 heavy (non-hydrogen) atoms. The van der Waals surface area contributed by atoms with E-state index in [1.165, 1.54) is 7.11 Å². The molecule has 2 aromatic rings. The standard InChI is InChI=1S/C21H28N2O4S/c1-14-7-12-20(15(2)13-14)16(3)22-21(24)17(4)23(28(6,25)26)18-8-10-19(27-5)11-9-18/h7-13,16-17H,1-6H3,(H,22,24)/t16-,17-/m0/s1. The van der Waals surface area contributed by atoms with Crippen molar-refractivity contribution >= 4 is 21.6 Å². The van der Waals surface area contributed by atoms with Crippen LogP contribution in [0.4, 0.5) is 5.69 Å². The summed E-state index contributed by atoms with van der Waals surface area (Å²) in [5.74, 6) is 0.242. The van der Waals surface area contributed by atoms with Gasteiger partial charge >= 0.3 is 0 Å². The average molecular weight is 405 g/mol. The van der Waals surface area contributed by atoms with Gasteiger partial charge < -0.3 is 10.1 Å². The Labute approximate surface area is 167 Å². The van der Waals surface area contributed by atoms with Crippen molar-refractivity contribution in [1.82, 2.24) is 5.32 Å². The van der Waals surface area contributed by atoms with E-state index in [9.17, 15) is 13.2 Å². The lowest BCUT2D eigenvalue weighted by Crippen LogP contribution is -2.48. The maximum atomic E-state index is 12.8. The monoisotopic (exact) mass is 404 g/mol. The quantitative estimate of drug-likeness (QED) is 0.768. The number of nitrogens with zero attached hydrogens (tertiary/aromatic N) is 1. The summed E-state index contributed by atoms with van der Waals surface area (Å²) >= 11 is 0. The number of carbonyl (C=O) groups is 1. The van der Waals surface area contributed by atoms with Crippen LogP contribution in [0.25, 0.3) is 0 Å². The summed E-state index contributed by atoms with van der Waals surface area (Å²) in [4.78, 5) is 12.8. The van der Waals surface area contributed by atoms with Gasteiger partial charge in [-0.25, -0.2) is 8.42 Å². The zero-order valence-corrected chi connectivity index (χ0v) is 18.0. The maximum absolute atomic E-state index is 12.8. The van der Waals surface area contributed by atoms with Gasteiger partial charge in [-0.1, -0.05) is 23.8 Å². The van der Waals surface area contributed by atoms with Crippen LogP contribution in [0.15, 0.2) is 42.5 Å². The molecular formula is C21H28N2O4S. The highest BCUT2D eigenvalue weighted by Gasteiger charge is 2.30. The molecule has 0 bridgehead atoms. The van der Waals surface area contributed by atoms with E-state index in [-0.39, 0.29) is 11.9 Å².